The van der Waals surface area contributed by atoms with E-state index in [0.717, 1.165) is 52.4 Å². The molecule has 0 bridgehead atoms. The minimum absolute atomic E-state index is 0.0661. The van der Waals surface area contributed by atoms with Crippen LogP contribution in [0.25, 0.3) is 11.1 Å². The lowest BCUT2D eigenvalue weighted by Gasteiger charge is -2.34. The highest BCUT2D eigenvalue weighted by Gasteiger charge is 2.42. The number of hydrogen-bond donors (Lipinski definition) is 0. The van der Waals surface area contributed by atoms with E-state index in [1.807, 2.05) is 0 Å². The van der Waals surface area contributed by atoms with Crippen LogP contribution in [0.5, 0.6) is 0 Å². The summed E-state index contributed by atoms with van der Waals surface area (Å²) in [4.78, 5) is 4.68. The van der Waals surface area contributed by atoms with Gasteiger partial charge >= 0.3 is 0 Å². The standard InChI is InChI=1S/C53H48N2/c1-3-5-37-53(38-6-4-2)51-39-42(28-27-41-29-32-47(33-30-41)54(43-19-11-7-12-20-43)44-21-13-8-14-22-44)31-35-49(51)50-36-34-48(40-52(50)53)55(45-23-15-9-16-24-45)46-25-17-10-18-26-46/h7-26,29-36,39-40H,3-6,37-38H2,1-2H3. The quantitative estimate of drug-likeness (QED) is 0.116. The first-order valence-corrected chi connectivity index (χ1v) is 19.9. The predicted octanol–water partition coefficient (Wildman–Crippen LogP) is 14.7. The third-order valence-electron chi connectivity index (χ3n) is 11.1. The molecule has 8 rings (SSSR count). The molecule has 0 saturated carbocycles. The van der Waals surface area contributed by atoms with Gasteiger partial charge in [-0.25, -0.2) is 0 Å². The summed E-state index contributed by atoms with van der Waals surface area (Å²) >= 11 is 0. The fraction of sp³-hybridized carbons (Fsp3) is 0.170. The second kappa shape index (κ2) is 16.4. The van der Waals surface area contributed by atoms with Gasteiger partial charge in [0.1, 0.15) is 0 Å². The molecule has 55 heavy (non-hydrogen) atoms. The van der Waals surface area contributed by atoms with E-state index >= 15 is 0 Å². The van der Waals surface area contributed by atoms with Gasteiger partial charge in [0.2, 0.25) is 0 Å². The number of rotatable bonds is 12. The monoisotopic (exact) mass is 712 g/mol. The highest BCUT2D eigenvalue weighted by molar-refractivity contribution is 5.86. The highest BCUT2D eigenvalue weighted by atomic mass is 15.1. The first-order chi connectivity index (χ1) is 27.2. The van der Waals surface area contributed by atoms with E-state index in [1.54, 1.807) is 0 Å². The lowest BCUT2D eigenvalue weighted by Crippen LogP contribution is -2.26. The van der Waals surface area contributed by atoms with Gasteiger partial charge in [0.15, 0.2) is 0 Å². The van der Waals surface area contributed by atoms with Gasteiger partial charge in [0, 0.05) is 50.7 Å². The van der Waals surface area contributed by atoms with Crippen molar-refractivity contribution in [3.63, 3.8) is 0 Å². The van der Waals surface area contributed by atoms with Gasteiger partial charge in [-0.3, -0.25) is 0 Å². The molecule has 0 amide bonds. The number of unbranched alkanes of at least 4 members (excludes halogenated alkanes) is 2. The van der Waals surface area contributed by atoms with Gasteiger partial charge < -0.3 is 9.80 Å². The van der Waals surface area contributed by atoms with Crippen LogP contribution in [-0.2, 0) is 5.41 Å². The summed E-state index contributed by atoms with van der Waals surface area (Å²) in [5.41, 5.74) is 14.5. The fourth-order valence-corrected chi connectivity index (χ4v) is 8.36. The Hall–Kier alpha value is -6.30. The van der Waals surface area contributed by atoms with E-state index in [4.69, 9.17) is 0 Å². The highest BCUT2D eigenvalue weighted by Crippen LogP contribution is 2.55. The van der Waals surface area contributed by atoms with Crippen LogP contribution in [0.1, 0.15) is 74.6 Å². The molecule has 0 saturated heterocycles. The zero-order valence-electron chi connectivity index (χ0n) is 32.0. The summed E-state index contributed by atoms with van der Waals surface area (Å²) in [6.07, 6.45) is 6.95. The maximum absolute atomic E-state index is 3.58. The Balaban J connectivity index is 1.16. The third-order valence-corrected chi connectivity index (χ3v) is 11.1. The Morgan fingerprint density at radius 3 is 1.22 bits per heavy atom. The smallest absolute Gasteiger partial charge is 0.0465 e. The second-order valence-electron chi connectivity index (χ2n) is 14.6. The summed E-state index contributed by atoms with van der Waals surface area (Å²) in [5, 5.41) is 0. The Morgan fingerprint density at radius 2 is 0.745 bits per heavy atom. The van der Waals surface area contributed by atoms with Crippen LogP contribution >= 0.6 is 0 Å². The molecule has 0 aliphatic heterocycles. The number of hydrogen-bond acceptors (Lipinski definition) is 2. The second-order valence-corrected chi connectivity index (χ2v) is 14.6. The molecule has 0 aromatic heterocycles. The van der Waals surface area contributed by atoms with E-state index < -0.39 is 0 Å². The van der Waals surface area contributed by atoms with Gasteiger partial charge in [0.05, 0.1) is 0 Å². The molecule has 0 fully saturated rings. The summed E-state index contributed by atoms with van der Waals surface area (Å²) in [6.45, 7) is 4.64. The Kier molecular flexibility index (Phi) is 10.6. The predicted molar refractivity (Wildman–Crippen MR) is 233 cm³/mol. The van der Waals surface area contributed by atoms with Gasteiger partial charge in [0.25, 0.3) is 0 Å². The van der Waals surface area contributed by atoms with Crippen LogP contribution in [0, 0.1) is 11.8 Å². The molecule has 7 aromatic carbocycles. The lowest BCUT2D eigenvalue weighted by atomic mass is 9.70. The maximum atomic E-state index is 3.58. The molecule has 0 radical (unpaired) electrons. The first-order valence-electron chi connectivity index (χ1n) is 19.9. The third kappa shape index (κ3) is 7.31. The number of benzene rings is 7. The van der Waals surface area contributed by atoms with Crippen molar-refractivity contribution >= 4 is 34.1 Å². The molecule has 1 aliphatic rings. The molecule has 0 N–H and O–H groups in total. The molecule has 0 heterocycles. The molecule has 0 unspecified atom stereocenters. The first kappa shape index (κ1) is 35.7. The normalized spacial score (nSPS) is 12.3. The minimum Gasteiger partial charge on any atom is -0.311 e. The molecule has 270 valence electrons. The Labute approximate surface area is 327 Å². The van der Waals surface area contributed by atoms with Crippen LogP contribution in [0.3, 0.4) is 0 Å². The van der Waals surface area contributed by atoms with Crippen molar-refractivity contribution in [3.8, 4) is 23.0 Å². The van der Waals surface area contributed by atoms with Crippen molar-refractivity contribution < 1.29 is 0 Å². The largest absolute Gasteiger partial charge is 0.311 e. The van der Waals surface area contributed by atoms with Crippen molar-refractivity contribution in [1.82, 2.24) is 0 Å². The van der Waals surface area contributed by atoms with Gasteiger partial charge in [-0.1, -0.05) is 136 Å². The van der Waals surface area contributed by atoms with Gasteiger partial charge in [-0.2, -0.15) is 0 Å². The molecule has 0 spiro atoms. The number of nitrogens with zero attached hydrogens (tertiary/aromatic N) is 2. The average Bonchev–Trinajstić information content (AvgIpc) is 3.51. The van der Waals surface area contributed by atoms with Crippen molar-refractivity contribution in [2.24, 2.45) is 0 Å². The summed E-state index contributed by atoms with van der Waals surface area (Å²) in [7, 11) is 0. The molecule has 2 heteroatoms. The van der Waals surface area contributed by atoms with E-state index in [1.165, 1.54) is 53.6 Å². The summed E-state index contributed by atoms with van der Waals surface area (Å²) < 4.78 is 0. The Morgan fingerprint density at radius 1 is 0.382 bits per heavy atom. The molecule has 7 aromatic rings. The summed E-state index contributed by atoms with van der Waals surface area (Å²) in [6, 6.07) is 65.4. The zero-order chi connectivity index (χ0) is 37.5. The van der Waals surface area contributed by atoms with Crippen molar-refractivity contribution in [1.29, 1.82) is 0 Å². The molecule has 0 atom stereocenters. The van der Waals surface area contributed by atoms with Crippen LogP contribution in [0.15, 0.2) is 182 Å². The molecular formula is C53H48N2. The number of anilines is 6. The zero-order valence-corrected chi connectivity index (χ0v) is 32.0. The lowest BCUT2D eigenvalue weighted by molar-refractivity contribution is 0.414. The van der Waals surface area contributed by atoms with Gasteiger partial charge in [-0.15, -0.1) is 0 Å². The summed E-state index contributed by atoms with van der Waals surface area (Å²) in [5.74, 6) is 7.10. The van der Waals surface area contributed by atoms with E-state index in [-0.39, 0.29) is 5.41 Å². The van der Waals surface area contributed by atoms with Crippen LogP contribution in [0.4, 0.5) is 34.1 Å². The molecular weight excluding hydrogens is 665 g/mol. The average molecular weight is 713 g/mol. The van der Waals surface area contributed by atoms with E-state index in [9.17, 15) is 0 Å². The van der Waals surface area contributed by atoms with Gasteiger partial charge in [-0.05, 0) is 132 Å². The SMILES string of the molecule is CCCCC1(CCCC)c2cc(C#Cc3ccc(N(c4ccccc4)c4ccccc4)cc3)ccc2-c2ccc(N(c3ccccc3)c3ccccc3)cc21. The topological polar surface area (TPSA) is 6.48 Å². The molecule has 1 aliphatic carbocycles. The van der Waals surface area contributed by atoms with Crippen molar-refractivity contribution in [3.05, 3.63) is 204 Å². The van der Waals surface area contributed by atoms with E-state index in [0.29, 0.717) is 0 Å². The van der Waals surface area contributed by atoms with E-state index in [2.05, 4.69) is 217 Å². The van der Waals surface area contributed by atoms with Crippen LogP contribution < -0.4 is 9.80 Å². The minimum atomic E-state index is -0.0661. The number of fused-ring (bicyclic) bond motifs is 3. The maximum Gasteiger partial charge on any atom is 0.0465 e. The molecule has 2 nitrogen and oxygen atoms in total. The van der Waals surface area contributed by atoms with Crippen molar-refractivity contribution in [2.75, 3.05) is 9.80 Å². The number of para-hydroxylation sites is 4. The van der Waals surface area contributed by atoms with Crippen LogP contribution in [-0.4, -0.2) is 0 Å². The van der Waals surface area contributed by atoms with Crippen molar-refractivity contribution in [2.45, 2.75) is 57.8 Å². The van der Waals surface area contributed by atoms with Crippen LogP contribution in [0.2, 0.25) is 0 Å². The Bertz CT molecular complexity index is 2300. The fourth-order valence-electron chi connectivity index (χ4n) is 8.36.